The summed E-state index contributed by atoms with van der Waals surface area (Å²) in [5, 5.41) is 13.4. The molecule has 1 N–H and O–H groups in total. The molecule has 0 radical (unpaired) electrons. The minimum Gasteiger partial charge on any atom is -0.372 e. The van der Waals surface area contributed by atoms with Gasteiger partial charge in [0, 0.05) is 37.2 Å². The number of nitrogens with zero attached hydrogens (tertiary/aromatic N) is 5. The molecule has 4 rings (SSSR count). The molecule has 1 aliphatic heterocycles. The minimum absolute atomic E-state index is 0.0393. The number of imidazole rings is 1. The largest absolute Gasteiger partial charge is 0.372 e. The quantitative estimate of drug-likeness (QED) is 0.740. The molecular formula is C18H26N6OS. The maximum atomic E-state index is 6.00. The minimum atomic E-state index is 0.0393. The second-order valence-electron chi connectivity index (χ2n) is 7.80. The fourth-order valence-corrected chi connectivity index (χ4v) is 4.16. The van der Waals surface area contributed by atoms with Crippen molar-refractivity contribution < 1.29 is 4.74 Å². The molecule has 2 atom stereocenters. The molecule has 0 spiro atoms. The number of aromatic nitrogens is 5. The third-order valence-corrected chi connectivity index (χ3v) is 5.76. The molecule has 3 aromatic rings. The van der Waals surface area contributed by atoms with Gasteiger partial charge in [0.2, 0.25) is 10.1 Å². The van der Waals surface area contributed by atoms with Crippen LogP contribution >= 0.6 is 11.3 Å². The van der Waals surface area contributed by atoms with E-state index in [0.717, 1.165) is 41.9 Å². The van der Waals surface area contributed by atoms with Crippen molar-refractivity contribution in [3.05, 3.63) is 29.8 Å². The lowest BCUT2D eigenvalue weighted by Gasteiger charge is -2.19. The Kier molecular flexibility index (Phi) is 4.48. The van der Waals surface area contributed by atoms with Crippen molar-refractivity contribution in [2.24, 2.45) is 5.92 Å². The highest BCUT2D eigenvalue weighted by molar-refractivity contribution is 7.20. The van der Waals surface area contributed by atoms with Crippen molar-refractivity contribution in [3.8, 4) is 0 Å². The number of ether oxygens (including phenoxy) is 1. The van der Waals surface area contributed by atoms with Crippen LogP contribution in [0, 0.1) is 5.92 Å². The van der Waals surface area contributed by atoms with Crippen LogP contribution < -0.4 is 5.32 Å². The van der Waals surface area contributed by atoms with Crippen LogP contribution in [0.2, 0.25) is 0 Å². The van der Waals surface area contributed by atoms with Crippen molar-refractivity contribution in [3.63, 3.8) is 0 Å². The second-order valence-corrected chi connectivity index (χ2v) is 8.76. The van der Waals surface area contributed by atoms with E-state index in [-0.39, 0.29) is 11.5 Å². The molecule has 1 fully saturated rings. The Labute approximate surface area is 157 Å². The summed E-state index contributed by atoms with van der Waals surface area (Å²) in [5.41, 5.74) is 2.28. The predicted molar refractivity (Wildman–Crippen MR) is 103 cm³/mol. The van der Waals surface area contributed by atoms with E-state index in [2.05, 4.69) is 49.3 Å². The smallest absolute Gasteiger partial charge is 0.214 e. The van der Waals surface area contributed by atoms with Gasteiger partial charge in [0.15, 0.2) is 0 Å². The average Bonchev–Trinajstić information content (AvgIpc) is 3.32. The zero-order chi connectivity index (χ0) is 18.3. The van der Waals surface area contributed by atoms with Gasteiger partial charge < -0.3 is 10.1 Å². The molecule has 140 valence electrons. The molecule has 0 bridgehead atoms. The van der Waals surface area contributed by atoms with Gasteiger partial charge in [0.05, 0.1) is 17.6 Å². The number of rotatable bonds is 5. The lowest BCUT2D eigenvalue weighted by Crippen LogP contribution is -2.20. The lowest BCUT2D eigenvalue weighted by atomic mass is 9.93. The van der Waals surface area contributed by atoms with Crippen molar-refractivity contribution in [1.29, 1.82) is 0 Å². The Morgan fingerprint density at radius 2 is 2.23 bits per heavy atom. The van der Waals surface area contributed by atoms with Crippen LogP contribution in [0.1, 0.15) is 51.6 Å². The summed E-state index contributed by atoms with van der Waals surface area (Å²) in [6.45, 7) is 11.1. The van der Waals surface area contributed by atoms with Crippen LogP contribution in [0.5, 0.6) is 0 Å². The summed E-state index contributed by atoms with van der Waals surface area (Å²) >= 11 is 1.60. The molecule has 26 heavy (non-hydrogen) atoms. The van der Waals surface area contributed by atoms with Crippen molar-refractivity contribution in [2.45, 2.75) is 52.2 Å². The van der Waals surface area contributed by atoms with E-state index in [1.807, 2.05) is 21.6 Å². The normalized spacial score (nSPS) is 20.9. The Morgan fingerprint density at radius 1 is 1.38 bits per heavy atom. The average molecular weight is 375 g/mol. The summed E-state index contributed by atoms with van der Waals surface area (Å²) in [6, 6.07) is 2.07. The summed E-state index contributed by atoms with van der Waals surface area (Å²) < 4.78 is 9.90. The second kappa shape index (κ2) is 6.66. The van der Waals surface area contributed by atoms with Gasteiger partial charge in [-0.05, 0) is 19.4 Å². The Morgan fingerprint density at radius 3 is 2.96 bits per heavy atom. The summed E-state index contributed by atoms with van der Waals surface area (Å²) in [4.78, 5) is 5.64. The monoisotopic (exact) mass is 374 g/mol. The zero-order valence-electron chi connectivity index (χ0n) is 15.8. The van der Waals surface area contributed by atoms with E-state index in [1.165, 1.54) is 5.69 Å². The van der Waals surface area contributed by atoms with Gasteiger partial charge in [0.1, 0.15) is 6.10 Å². The number of hydrogen-bond donors (Lipinski definition) is 1. The summed E-state index contributed by atoms with van der Waals surface area (Å²) in [6.07, 6.45) is 5.02. The standard InChI is InChI=1S/C18H26N6OS/c1-5-23-13(6-8-20-23)15-12(7-9-25-15)10-19-16-22-24-11-14(18(2,3)4)21-17(24)26-16/h6,8,11-12,15H,5,7,9-10H2,1-4H3,(H,19,22)/t12-,15+/m0/s1. The van der Waals surface area contributed by atoms with Gasteiger partial charge >= 0.3 is 0 Å². The first-order valence-corrected chi connectivity index (χ1v) is 10.0. The van der Waals surface area contributed by atoms with Crippen LogP contribution in [0.15, 0.2) is 18.5 Å². The number of fused-ring (bicyclic) bond motifs is 1. The van der Waals surface area contributed by atoms with Gasteiger partial charge in [-0.1, -0.05) is 32.1 Å². The molecule has 7 nitrogen and oxygen atoms in total. The summed E-state index contributed by atoms with van der Waals surface area (Å²) in [7, 11) is 0. The van der Waals surface area contributed by atoms with Crippen LogP contribution in [0.3, 0.4) is 0 Å². The third-order valence-electron chi connectivity index (χ3n) is 4.88. The van der Waals surface area contributed by atoms with Gasteiger partial charge in [-0.3, -0.25) is 4.68 Å². The topological polar surface area (TPSA) is 69.3 Å². The molecule has 0 aliphatic carbocycles. The fourth-order valence-electron chi connectivity index (χ4n) is 3.37. The highest BCUT2D eigenvalue weighted by Gasteiger charge is 2.32. The van der Waals surface area contributed by atoms with Crippen molar-refractivity contribution in [1.82, 2.24) is 24.4 Å². The molecule has 0 amide bonds. The Bertz CT molecular complexity index is 858. The molecule has 8 heteroatoms. The molecular weight excluding hydrogens is 348 g/mol. The molecule has 4 heterocycles. The van der Waals surface area contributed by atoms with Crippen molar-refractivity contribution >= 4 is 21.4 Å². The Hall–Kier alpha value is -1.93. The first kappa shape index (κ1) is 17.5. The van der Waals surface area contributed by atoms with E-state index in [9.17, 15) is 0 Å². The molecule has 0 unspecified atom stereocenters. The van der Waals surface area contributed by atoms with Gasteiger partial charge in [-0.15, -0.1) is 5.10 Å². The zero-order valence-corrected chi connectivity index (χ0v) is 16.6. The van der Waals surface area contributed by atoms with E-state index in [0.29, 0.717) is 5.92 Å². The highest BCUT2D eigenvalue weighted by Crippen LogP contribution is 2.35. The molecule has 1 saturated heterocycles. The highest BCUT2D eigenvalue weighted by atomic mass is 32.1. The van der Waals surface area contributed by atoms with Crippen molar-refractivity contribution in [2.75, 3.05) is 18.5 Å². The maximum Gasteiger partial charge on any atom is 0.214 e. The van der Waals surface area contributed by atoms with E-state index in [4.69, 9.17) is 9.72 Å². The fraction of sp³-hybridized carbons (Fsp3) is 0.611. The van der Waals surface area contributed by atoms with E-state index >= 15 is 0 Å². The SMILES string of the molecule is CCn1nccc1[C@@H]1OCC[C@H]1CNc1nn2cc(C(C)(C)C)nc2s1. The summed E-state index contributed by atoms with van der Waals surface area (Å²) in [5.74, 6) is 0.415. The number of nitrogens with one attached hydrogen (secondary N) is 1. The van der Waals surface area contributed by atoms with E-state index < -0.39 is 0 Å². The van der Waals surface area contributed by atoms with Crippen LogP contribution in [0.25, 0.3) is 4.96 Å². The van der Waals surface area contributed by atoms with Gasteiger partial charge in [-0.2, -0.15) is 5.10 Å². The third kappa shape index (κ3) is 3.23. The Balaban J connectivity index is 1.45. The predicted octanol–water partition coefficient (Wildman–Crippen LogP) is 3.49. The number of aryl methyl sites for hydroxylation is 1. The maximum absolute atomic E-state index is 6.00. The first-order valence-electron chi connectivity index (χ1n) is 9.19. The van der Waals surface area contributed by atoms with Crippen LogP contribution in [0.4, 0.5) is 5.13 Å². The molecule has 1 aliphatic rings. The molecule has 0 saturated carbocycles. The van der Waals surface area contributed by atoms with Gasteiger partial charge in [-0.25, -0.2) is 9.50 Å². The van der Waals surface area contributed by atoms with Gasteiger partial charge in [0.25, 0.3) is 0 Å². The molecule has 3 aromatic heterocycles. The molecule has 0 aromatic carbocycles. The van der Waals surface area contributed by atoms with E-state index in [1.54, 1.807) is 11.3 Å². The van der Waals surface area contributed by atoms with Crippen LogP contribution in [-0.2, 0) is 16.7 Å². The number of anilines is 1. The van der Waals surface area contributed by atoms with Crippen LogP contribution in [-0.4, -0.2) is 37.5 Å². The lowest BCUT2D eigenvalue weighted by molar-refractivity contribution is 0.0858. The number of hydrogen-bond acceptors (Lipinski definition) is 6. The first-order chi connectivity index (χ1) is 12.5.